The molecule has 102 valence electrons. The van der Waals surface area contributed by atoms with Crippen molar-refractivity contribution in [3.8, 4) is 0 Å². The predicted octanol–water partition coefficient (Wildman–Crippen LogP) is 3.71. The normalized spacial score (nSPS) is 14.4. The minimum Gasteiger partial charge on any atom is -0.383 e. The summed E-state index contributed by atoms with van der Waals surface area (Å²) in [6.07, 6.45) is 1.15. The Morgan fingerprint density at radius 3 is 2.67 bits per heavy atom. The fraction of sp³-hybridized carbons (Fsp3) is 0.600. The molecule has 0 fully saturated rings. The third-order valence-corrected chi connectivity index (χ3v) is 3.83. The first-order chi connectivity index (χ1) is 8.70. The average molecular weight is 270 g/mol. The molecule has 2 atom stereocenters. The molecule has 0 amide bonds. The third kappa shape index (κ3) is 4.60. The van der Waals surface area contributed by atoms with Gasteiger partial charge in [0, 0.05) is 31.1 Å². The van der Waals surface area contributed by atoms with Crippen molar-refractivity contribution >= 4 is 11.6 Å². The van der Waals surface area contributed by atoms with Gasteiger partial charge in [-0.3, -0.25) is 0 Å². The molecule has 0 radical (unpaired) electrons. The molecule has 0 aromatic heterocycles. The largest absolute Gasteiger partial charge is 0.383 e. The molecule has 2 unspecified atom stereocenters. The van der Waals surface area contributed by atoms with Crippen LogP contribution < -0.4 is 5.32 Å². The Hall–Kier alpha value is -0.570. The van der Waals surface area contributed by atoms with E-state index < -0.39 is 0 Å². The van der Waals surface area contributed by atoms with Crippen LogP contribution in [0, 0.1) is 5.92 Å². The number of benzene rings is 1. The summed E-state index contributed by atoms with van der Waals surface area (Å²) in [6.45, 7) is 7.08. The SMILES string of the molecule is CCC(C)C(CNCCOC)c1ccccc1Cl. The van der Waals surface area contributed by atoms with Crippen LogP contribution in [0.1, 0.15) is 31.7 Å². The zero-order valence-electron chi connectivity index (χ0n) is 11.6. The van der Waals surface area contributed by atoms with Crippen molar-refractivity contribution in [2.75, 3.05) is 26.8 Å². The number of ether oxygens (including phenoxy) is 1. The standard InChI is InChI=1S/C15H24ClNO/c1-4-12(2)14(11-17-9-10-18-3)13-7-5-6-8-15(13)16/h5-8,12,14,17H,4,9-11H2,1-3H3. The Kier molecular flexibility index (Phi) is 7.33. The fourth-order valence-electron chi connectivity index (χ4n) is 2.11. The zero-order chi connectivity index (χ0) is 13.4. The van der Waals surface area contributed by atoms with Gasteiger partial charge in [0.25, 0.3) is 0 Å². The maximum absolute atomic E-state index is 6.31. The molecule has 1 aromatic carbocycles. The van der Waals surface area contributed by atoms with Crippen LogP contribution in [-0.2, 0) is 4.74 Å². The number of halogens is 1. The van der Waals surface area contributed by atoms with Crippen molar-refractivity contribution in [2.45, 2.75) is 26.2 Å². The van der Waals surface area contributed by atoms with Crippen LogP contribution in [0.15, 0.2) is 24.3 Å². The molecule has 0 aliphatic rings. The van der Waals surface area contributed by atoms with Crippen molar-refractivity contribution in [3.05, 3.63) is 34.9 Å². The van der Waals surface area contributed by atoms with E-state index in [2.05, 4.69) is 31.3 Å². The van der Waals surface area contributed by atoms with Crippen LogP contribution in [0.3, 0.4) is 0 Å². The Morgan fingerprint density at radius 1 is 1.33 bits per heavy atom. The fourth-order valence-corrected chi connectivity index (χ4v) is 2.39. The minimum atomic E-state index is 0.459. The maximum atomic E-state index is 6.31. The first kappa shape index (κ1) is 15.5. The molecular weight excluding hydrogens is 246 g/mol. The molecule has 0 heterocycles. The summed E-state index contributed by atoms with van der Waals surface area (Å²) in [5.41, 5.74) is 1.25. The van der Waals surface area contributed by atoms with Gasteiger partial charge < -0.3 is 10.1 Å². The van der Waals surface area contributed by atoms with E-state index >= 15 is 0 Å². The van der Waals surface area contributed by atoms with Crippen LogP contribution >= 0.6 is 11.6 Å². The molecular formula is C15H24ClNO. The molecule has 18 heavy (non-hydrogen) atoms. The van der Waals surface area contributed by atoms with Gasteiger partial charge in [-0.1, -0.05) is 50.1 Å². The summed E-state index contributed by atoms with van der Waals surface area (Å²) in [7, 11) is 1.72. The smallest absolute Gasteiger partial charge is 0.0587 e. The van der Waals surface area contributed by atoms with E-state index in [1.54, 1.807) is 7.11 Å². The van der Waals surface area contributed by atoms with Gasteiger partial charge >= 0.3 is 0 Å². The van der Waals surface area contributed by atoms with Gasteiger partial charge in [0.2, 0.25) is 0 Å². The second-order valence-electron chi connectivity index (χ2n) is 4.71. The third-order valence-electron chi connectivity index (χ3n) is 3.48. The van der Waals surface area contributed by atoms with Gasteiger partial charge in [-0.15, -0.1) is 0 Å². The summed E-state index contributed by atoms with van der Waals surface area (Å²) in [6, 6.07) is 8.15. The number of methoxy groups -OCH3 is 1. The molecule has 0 saturated heterocycles. The summed E-state index contributed by atoms with van der Waals surface area (Å²) in [5, 5.41) is 4.32. The molecule has 0 bridgehead atoms. The Bertz CT molecular complexity index is 343. The van der Waals surface area contributed by atoms with Crippen molar-refractivity contribution < 1.29 is 4.74 Å². The lowest BCUT2D eigenvalue weighted by atomic mass is 9.85. The van der Waals surface area contributed by atoms with Gasteiger partial charge in [0.1, 0.15) is 0 Å². The van der Waals surface area contributed by atoms with E-state index in [1.807, 2.05) is 12.1 Å². The summed E-state index contributed by atoms with van der Waals surface area (Å²) >= 11 is 6.31. The Labute approximate surface area is 116 Å². The molecule has 3 heteroatoms. The van der Waals surface area contributed by atoms with E-state index in [9.17, 15) is 0 Å². The molecule has 1 N–H and O–H groups in total. The molecule has 0 aliphatic heterocycles. The highest BCUT2D eigenvalue weighted by Gasteiger charge is 2.19. The highest BCUT2D eigenvalue weighted by Crippen LogP contribution is 2.31. The first-order valence-electron chi connectivity index (χ1n) is 6.64. The van der Waals surface area contributed by atoms with Crippen LogP contribution in [0.5, 0.6) is 0 Å². The van der Waals surface area contributed by atoms with Gasteiger partial charge in [0.15, 0.2) is 0 Å². The molecule has 0 saturated carbocycles. The zero-order valence-corrected chi connectivity index (χ0v) is 12.3. The summed E-state index contributed by atoms with van der Waals surface area (Å²) in [5.74, 6) is 1.07. The lowest BCUT2D eigenvalue weighted by Gasteiger charge is -2.25. The molecule has 1 aromatic rings. The van der Waals surface area contributed by atoms with Crippen molar-refractivity contribution in [2.24, 2.45) is 5.92 Å². The monoisotopic (exact) mass is 269 g/mol. The van der Waals surface area contributed by atoms with Crippen LogP contribution in [0.25, 0.3) is 0 Å². The van der Waals surface area contributed by atoms with Gasteiger partial charge in [-0.2, -0.15) is 0 Å². The van der Waals surface area contributed by atoms with Crippen molar-refractivity contribution in [3.63, 3.8) is 0 Å². The number of rotatable bonds is 8. The molecule has 2 nitrogen and oxygen atoms in total. The van der Waals surface area contributed by atoms with Gasteiger partial charge in [0.05, 0.1) is 6.61 Å². The Balaban J connectivity index is 2.69. The maximum Gasteiger partial charge on any atom is 0.0587 e. The van der Waals surface area contributed by atoms with Gasteiger partial charge in [-0.25, -0.2) is 0 Å². The Morgan fingerprint density at radius 2 is 2.06 bits per heavy atom. The lowest BCUT2D eigenvalue weighted by molar-refractivity contribution is 0.198. The second-order valence-corrected chi connectivity index (χ2v) is 5.12. The van der Waals surface area contributed by atoms with E-state index in [0.717, 1.165) is 31.1 Å². The summed E-state index contributed by atoms with van der Waals surface area (Å²) < 4.78 is 5.05. The van der Waals surface area contributed by atoms with E-state index in [0.29, 0.717) is 11.8 Å². The minimum absolute atomic E-state index is 0.459. The van der Waals surface area contributed by atoms with E-state index in [4.69, 9.17) is 16.3 Å². The molecule has 0 spiro atoms. The topological polar surface area (TPSA) is 21.3 Å². The number of nitrogens with one attached hydrogen (secondary N) is 1. The average Bonchev–Trinajstić information content (AvgIpc) is 2.39. The van der Waals surface area contributed by atoms with Crippen LogP contribution in [0.4, 0.5) is 0 Å². The quantitative estimate of drug-likeness (QED) is 0.727. The van der Waals surface area contributed by atoms with Crippen LogP contribution in [-0.4, -0.2) is 26.8 Å². The van der Waals surface area contributed by atoms with E-state index in [-0.39, 0.29) is 0 Å². The van der Waals surface area contributed by atoms with Crippen molar-refractivity contribution in [1.82, 2.24) is 5.32 Å². The first-order valence-corrected chi connectivity index (χ1v) is 7.02. The van der Waals surface area contributed by atoms with Crippen LogP contribution in [0.2, 0.25) is 5.02 Å². The molecule has 0 aliphatic carbocycles. The number of hydrogen-bond donors (Lipinski definition) is 1. The highest BCUT2D eigenvalue weighted by atomic mass is 35.5. The van der Waals surface area contributed by atoms with Crippen molar-refractivity contribution in [1.29, 1.82) is 0 Å². The second kappa shape index (κ2) is 8.52. The number of hydrogen-bond acceptors (Lipinski definition) is 2. The van der Waals surface area contributed by atoms with E-state index in [1.165, 1.54) is 5.56 Å². The summed E-state index contributed by atoms with van der Waals surface area (Å²) in [4.78, 5) is 0. The molecule has 1 rings (SSSR count). The highest BCUT2D eigenvalue weighted by molar-refractivity contribution is 6.31. The predicted molar refractivity (Wildman–Crippen MR) is 78.4 cm³/mol. The van der Waals surface area contributed by atoms with Gasteiger partial charge in [-0.05, 0) is 17.5 Å². The lowest BCUT2D eigenvalue weighted by Crippen LogP contribution is -2.28.